The maximum absolute atomic E-state index is 13.4. The Kier molecular flexibility index (Phi) is 5.40. The first kappa shape index (κ1) is 19.3. The molecule has 1 aromatic heterocycles. The molecule has 1 amide bonds. The van der Waals surface area contributed by atoms with Crippen LogP contribution in [0.2, 0.25) is 5.02 Å². The number of ether oxygens (including phenoxy) is 2. The maximum Gasteiger partial charge on any atom is 0.267 e. The van der Waals surface area contributed by atoms with Crippen LogP contribution in [0.25, 0.3) is 0 Å². The Labute approximate surface area is 172 Å². The summed E-state index contributed by atoms with van der Waals surface area (Å²) in [6.45, 7) is 0.536. The highest BCUT2D eigenvalue weighted by molar-refractivity contribution is 6.31. The number of hydrogen-bond acceptors (Lipinski definition) is 4. The lowest BCUT2D eigenvalue weighted by atomic mass is 10.1. The average Bonchev–Trinajstić information content (AvgIpc) is 3.13. The highest BCUT2D eigenvalue weighted by Gasteiger charge is 2.32. The lowest BCUT2D eigenvalue weighted by Gasteiger charge is -2.31. The standard InChI is InChI=1S/C21H19ClFN3O3/c1-25-9-8-24-20(25)12-26(11-14-6-7-15(23)10-16(14)22)21(27)19-13-28-17-4-2-3-5-18(17)29-19/h2-10,19H,11-13H2,1H3. The Hall–Kier alpha value is -3.06. The van der Waals surface area contributed by atoms with Crippen molar-refractivity contribution in [2.75, 3.05) is 6.61 Å². The molecule has 4 rings (SSSR count). The molecule has 0 saturated heterocycles. The van der Waals surface area contributed by atoms with E-state index in [4.69, 9.17) is 21.1 Å². The van der Waals surface area contributed by atoms with Gasteiger partial charge in [0.25, 0.3) is 5.91 Å². The van der Waals surface area contributed by atoms with Gasteiger partial charge in [-0.25, -0.2) is 9.37 Å². The first-order valence-electron chi connectivity index (χ1n) is 9.08. The molecule has 1 aliphatic rings. The van der Waals surface area contributed by atoms with E-state index in [0.717, 1.165) is 0 Å². The Morgan fingerprint density at radius 1 is 1.28 bits per heavy atom. The highest BCUT2D eigenvalue weighted by atomic mass is 35.5. The van der Waals surface area contributed by atoms with Crippen LogP contribution in [0.4, 0.5) is 4.39 Å². The van der Waals surface area contributed by atoms with Gasteiger partial charge >= 0.3 is 0 Å². The van der Waals surface area contributed by atoms with E-state index in [0.29, 0.717) is 22.9 Å². The summed E-state index contributed by atoms with van der Waals surface area (Å²) in [5.74, 6) is 1.14. The third-order valence-electron chi connectivity index (χ3n) is 4.73. The van der Waals surface area contributed by atoms with Crippen LogP contribution in [0.1, 0.15) is 11.4 Å². The molecule has 3 aromatic rings. The van der Waals surface area contributed by atoms with Gasteiger partial charge in [-0.05, 0) is 29.8 Å². The number of fused-ring (bicyclic) bond motifs is 1. The lowest BCUT2D eigenvalue weighted by molar-refractivity contribution is -0.142. The molecular formula is C21H19ClFN3O3. The van der Waals surface area contributed by atoms with Gasteiger partial charge in [0.2, 0.25) is 6.10 Å². The summed E-state index contributed by atoms with van der Waals surface area (Å²) in [6, 6.07) is 11.3. The minimum atomic E-state index is -0.801. The summed E-state index contributed by atoms with van der Waals surface area (Å²) in [4.78, 5) is 19.2. The van der Waals surface area contributed by atoms with Gasteiger partial charge < -0.3 is 18.9 Å². The van der Waals surface area contributed by atoms with E-state index in [1.54, 1.807) is 35.5 Å². The Bertz CT molecular complexity index is 1040. The summed E-state index contributed by atoms with van der Waals surface area (Å²) < 4.78 is 26.8. The smallest absolute Gasteiger partial charge is 0.267 e. The second-order valence-corrected chi connectivity index (χ2v) is 7.16. The monoisotopic (exact) mass is 415 g/mol. The van der Waals surface area contributed by atoms with Gasteiger partial charge in [0, 0.05) is 31.0 Å². The number of halogens is 2. The molecule has 6 nitrogen and oxygen atoms in total. The van der Waals surface area contributed by atoms with E-state index in [1.165, 1.54) is 12.1 Å². The van der Waals surface area contributed by atoms with Crippen LogP contribution >= 0.6 is 11.6 Å². The number of benzene rings is 2. The molecule has 0 spiro atoms. The number of imidazole rings is 1. The number of nitrogens with zero attached hydrogens (tertiary/aromatic N) is 3. The predicted molar refractivity (Wildman–Crippen MR) is 105 cm³/mol. The quantitative estimate of drug-likeness (QED) is 0.639. The molecule has 8 heteroatoms. The third-order valence-corrected chi connectivity index (χ3v) is 5.08. The maximum atomic E-state index is 13.4. The molecule has 1 aliphatic heterocycles. The largest absolute Gasteiger partial charge is 0.485 e. The minimum absolute atomic E-state index is 0.101. The van der Waals surface area contributed by atoms with Crippen molar-refractivity contribution in [1.82, 2.24) is 14.5 Å². The van der Waals surface area contributed by atoms with Gasteiger partial charge in [0.1, 0.15) is 18.2 Å². The zero-order chi connectivity index (χ0) is 20.4. The number of amides is 1. The van der Waals surface area contributed by atoms with Crippen molar-refractivity contribution < 1.29 is 18.7 Å². The van der Waals surface area contributed by atoms with Crippen LogP contribution in [0, 0.1) is 5.82 Å². The molecule has 150 valence electrons. The third kappa shape index (κ3) is 4.19. The average molecular weight is 416 g/mol. The molecule has 1 atom stereocenters. The summed E-state index contributed by atoms with van der Waals surface area (Å²) >= 11 is 6.19. The number of aryl methyl sites for hydroxylation is 1. The van der Waals surface area contributed by atoms with E-state index in [-0.39, 0.29) is 30.6 Å². The SMILES string of the molecule is Cn1ccnc1CN(Cc1ccc(F)cc1Cl)C(=O)C1COc2ccccc2O1. The summed E-state index contributed by atoms with van der Waals surface area (Å²) in [7, 11) is 1.85. The molecule has 0 radical (unpaired) electrons. The van der Waals surface area contributed by atoms with Crippen molar-refractivity contribution in [3.63, 3.8) is 0 Å². The van der Waals surface area contributed by atoms with Crippen molar-refractivity contribution >= 4 is 17.5 Å². The van der Waals surface area contributed by atoms with E-state index in [1.807, 2.05) is 23.7 Å². The van der Waals surface area contributed by atoms with Gasteiger partial charge in [0.15, 0.2) is 11.5 Å². The molecule has 0 aliphatic carbocycles. The van der Waals surface area contributed by atoms with Crippen molar-refractivity contribution in [2.45, 2.75) is 19.2 Å². The summed E-state index contributed by atoms with van der Waals surface area (Å²) in [5, 5.41) is 0.258. The molecule has 29 heavy (non-hydrogen) atoms. The predicted octanol–water partition coefficient (Wildman–Crippen LogP) is 3.58. The number of aromatic nitrogens is 2. The van der Waals surface area contributed by atoms with Crippen LogP contribution in [-0.2, 0) is 24.9 Å². The van der Waals surface area contributed by atoms with Gasteiger partial charge in [-0.3, -0.25) is 4.79 Å². The molecular weight excluding hydrogens is 397 g/mol. The van der Waals surface area contributed by atoms with Crippen LogP contribution in [0.3, 0.4) is 0 Å². The van der Waals surface area contributed by atoms with E-state index >= 15 is 0 Å². The van der Waals surface area contributed by atoms with Crippen molar-refractivity contribution in [1.29, 1.82) is 0 Å². The summed E-state index contributed by atoms with van der Waals surface area (Å²) in [6.07, 6.45) is 2.67. The second kappa shape index (κ2) is 8.13. The molecule has 0 N–H and O–H groups in total. The molecule has 2 heterocycles. The first-order valence-corrected chi connectivity index (χ1v) is 9.46. The van der Waals surface area contributed by atoms with Crippen LogP contribution in [-0.4, -0.2) is 33.1 Å². The Balaban J connectivity index is 1.59. The van der Waals surface area contributed by atoms with Gasteiger partial charge in [0.05, 0.1) is 6.54 Å². The number of rotatable bonds is 5. The number of hydrogen-bond donors (Lipinski definition) is 0. The zero-order valence-corrected chi connectivity index (χ0v) is 16.5. The normalized spacial score (nSPS) is 15.2. The van der Waals surface area contributed by atoms with E-state index in [9.17, 15) is 9.18 Å². The van der Waals surface area contributed by atoms with Crippen LogP contribution in [0.5, 0.6) is 11.5 Å². The van der Waals surface area contributed by atoms with Crippen molar-refractivity contribution in [3.05, 3.63) is 77.1 Å². The topological polar surface area (TPSA) is 56.6 Å². The lowest BCUT2D eigenvalue weighted by Crippen LogP contribution is -2.46. The molecule has 1 unspecified atom stereocenters. The van der Waals surface area contributed by atoms with E-state index in [2.05, 4.69) is 4.98 Å². The summed E-state index contributed by atoms with van der Waals surface area (Å²) in [5.41, 5.74) is 0.632. The van der Waals surface area contributed by atoms with Crippen LogP contribution < -0.4 is 9.47 Å². The van der Waals surface area contributed by atoms with Crippen LogP contribution in [0.15, 0.2) is 54.9 Å². The van der Waals surface area contributed by atoms with E-state index < -0.39 is 11.9 Å². The number of carbonyl (C=O) groups excluding carboxylic acids is 1. The van der Waals surface area contributed by atoms with Crippen molar-refractivity contribution in [2.24, 2.45) is 7.05 Å². The zero-order valence-electron chi connectivity index (χ0n) is 15.7. The van der Waals surface area contributed by atoms with Crippen molar-refractivity contribution in [3.8, 4) is 11.5 Å². The Morgan fingerprint density at radius 2 is 2.07 bits per heavy atom. The minimum Gasteiger partial charge on any atom is -0.485 e. The fraction of sp³-hybridized carbons (Fsp3) is 0.238. The fourth-order valence-electron chi connectivity index (χ4n) is 3.13. The fourth-order valence-corrected chi connectivity index (χ4v) is 3.36. The highest BCUT2D eigenvalue weighted by Crippen LogP contribution is 2.31. The molecule has 2 aromatic carbocycles. The number of carbonyl (C=O) groups is 1. The second-order valence-electron chi connectivity index (χ2n) is 6.75. The molecule has 0 saturated carbocycles. The van der Waals surface area contributed by atoms with Gasteiger partial charge in [-0.1, -0.05) is 29.8 Å². The Morgan fingerprint density at radius 3 is 2.79 bits per heavy atom. The first-order chi connectivity index (χ1) is 14.0. The number of para-hydroxylation sites is 2. The molecule has 0 bridgehead atoms. The van der Waals surface area contributed by atoms with Gasteiger partial charge in [-0.2, -0.15) is 0 Å². The molecule has 0 fully saturated rings. The van der Waals surface area contributed by atoms with Gasteiger partial charge in [-0.15, -0.1) is 0 Å².